The molecule has 160 valence electrons. The fourth-order valence-electron chi connectivity index (χ4n) is 4.03. The number of hydrogen-bond donors (Lipinski definition) is 3. The molecule has 2 aliphatic heterocycles. The van der Waals surface area contributed by atoms with E-state index in [4.69, 9.17) is 0 Å². The first kappa shape index (κ1) is 22.8. The van der Waals surface area contributed by atoms with Gasteiger partial charge in [0.25, 0.3) is 5.91 Å². The lowest BCUT2D eigenvalue weighted by Crippen LogP contribution is -2.61. The number of rotatable bonds is 7. The van der Waals surface area contributed by atoms with Gasteiger partial charge in [-0.25, -0.2) is 9.80 Å². The number of benzene rings is 1. The van der Waals surface area contributed by atoms with E-state index in [0.29, 0.717) is 45.2 Å². The van der Waals surface area contributed by atoms with E-state index in [0.717, 1.165) is 12.0 Å². The first-order valence-electron chi connectivity index (χ1n) is 9.81. The van der Waals surface area contributed by atoms with Gasteiger partial charge < -0.3 is 15.7 Å². The molecule has 1 aromatic rings. The van der Waals surface area contributed by atoms with Crippen LogP contribution in [0.15, 0.2) is 30.3 Å². The van der Waals surface area contributed by atoms with Crippen LogP contribution in [0.1, 0.15) is 37.7 Å². The second-order valence-corrected chi connectivity index (χ2v) is 7.41. The van der Waals surface area contributed by atoms with Gasteiger partial charge in [0, 0.05) is 13.1 Å². The number of carbonyl (C=O) groups is 3. The SMILES string of the molecule is O.O=C(O)[C@H](CCc1ccccc1)N[C@H]1CCCN2CCC[C@@H](C(=O)O)N2C1=O. The third kappa shape index (κ3) is 5.53. The molecule has 1 aromatic carbocycles. The van der Waals surface area contributed by atoms with Gasteiger partial charge in [0.05, 0.1) is 6.04 Å². The van der Waals surface area contributed by atoms with E-state index in [1.54, 1.807) is 0 Å². The Balaban J connectivity index is 0.00000300. The summed E-state index contributed by atoms with van der Waals surface area (Å²) in [5, 5.41) is 25.3. The highest BCUT2D eigenvalue weighted by atomic mass is 16.4. The largest absolute Gasteiger partial charge is 0.480 e. The Bertz CT molecular complexity index is 713. The molecule has 9 nitrogen and oxygen atoms in total. The Labute approximate surface area is 169 Å². The van der Waals surface area contributed by atoms with Crippen LogP contribution in [-0.4, -0.2) is 74.8 Å². The van der Waals surface area contributed by atoms with E-state index < -0.39 is 30.1 Å². The van der Waals surface area contributed by atoms with Crippen LogP contribution in [0.25, 0.3) is 0 Å². The second kappa shape index (κ2) is 10.3. The summed E-state index contributed by atoms with van der Waals surface area (Å²) in [4.78, 5) is 36.5. The minimum Gasteiger partial charge on any atom is -0.480 e. The molecule has 0 aromatic heterocycles. The predicted molar refractivity (Wildman–Crippen MR) is 105 cm³/mol. The van der Waals surface area contributed by atoms with Gasteiger partial charge in [0.2, 0.25) is 0 Å². The number of aryl methyl sites for hydroxylation is 1. The van der Waals surface area contributed by atoms with Crippen LogP contribution in [0.4, 0.5) is 0 Å². The highest BCUT2D eigenvalue weighted by Gasteiger charge is 2.42. The number of carbonyl (C=O) groups excluding carboxylic acids is 1. The minimum absolute atomic E-state index is 0. The van der Waals surface area contributed by atoms with Crippen molar-refractivity contribution in [3.05, 3.63) is 35.9 Å². The van der Waals surface area contributed by atoms with Crippen molar-refractivity contribution in [2.75, 3.05) is 13.1 Å². The highest BCUT2D eigenvalue weighted by molar-refractivity contribution is 5.87. The Hall–Kier alpha value is -2.49. The molecular formula is C20H29N3O6. The first-order chi connectivity index (χ1) is 13.5. The molecule has 0 unspecified atom stereocenters. The second-order valence-electron chi connectivity index (χ2n) is 7.41. The molecule has 0 bridgehead atoms. The van der Waals surface area contributed by atoms with Crippen molar-refractivity contribution in [1.29, 1.82) is 0 Å². The smallest absolute Gasteiger partial charge is 0.328 e. The maximum Gasteiger partial charge on any atom is 0.328 e. The molecule has 0 aliphatic carbocycles. The quantitative estimate of drug-likeness (QED) is 0.590. The zero-order valence-electron chi connectivity index (χ0n) is 16.3. The standard InChI is InChI=1S/C20H27N3O5.H2O/c24-18-15(8-4-12-22-13-5-9-17(20(27)28)23(18)22)21-16(19(25)26)11-10-14-6-2-1-3-7-14;/h1-3,6-7,15-17,21H,4-5,8-13H2,(H,25,26)(H,27,28);1H2/t15-,16-,17-;/m0./s1. The van der Waals surface area contributed by atoms with Gasteiger partial charge >= 0.3 is 11.9 Å². The number of aliphatic carboxylic acids is 2. The zero-order valence-corrected chi connectivity index (χ0v) is 16.3. The lowest BCUT2D eigenvalue weighted by atomic mass is 10.0. The third-order valence-corrected chi connectivity index (χ3v) is 5.48. The van der Waals surface area contributed by atoms with Crippen LogP contribution >= 0.6 is 0 Å². The number of amides is 1. The zero-order chi connectivity index (χ0) is 20.1. The Kier molecular flexibility index (Phi) is 8.12. The van der Waals surface area contributed by atoms with Crippen LogP contribution in [0.5, 0.6) is 0 Å². The number of hydrazine groups is 1. The number of carboxylic acid groups (broad SMARTS) is 2. The van der Waals surface area contributed by atoms with Crippen molar-refractivity contribution in [2.24, 2.45) is 0 Å². The van der Waals surface area contributed by atoms with E-state index in [1.807, 2.05) is 35.3 Å². The van der Waals surface area contributed by atoms with E-state index in [-0.39, 0.29) is 11.4 Å². The molecule has 3 rings (SSSR count). The lowest BCUT2D eigenvalue weighted by molar-refractivity contribution is -0.174. The molecule has 2 aliphatic rings. The van der Waals surface area contributed by atoms with Crippen molar-refractivity contribution in [3.63, 3.8) is 0 Å². The molecule has 5 N–H and O–H groups in total. The Morgan fingerprint density at radius 3 is 2.38 bits per heavy atom. The van der Waals surface area contributed by atoms with E-state index in [9.17, 15) is 24.6 Å². The van der Waals surface area contributed by atoms with E-state index >= 15 is 0 Å². The average Bonchev–Trinajstić information content (AvgIpc) is 2.84. The summed E-state index contributed by atoms with van der Waals surface area (Å²) in [6.07, 6.45) is 3.29. The molecule has 2 saturated heterocycles. The molecule has 2 fully saturated rings. The Morgan fingerprint density at radius 1 is 1.10 bits per heavy atom. The number of carboxylic acids is 2. The van der Waals surface area contributed by atoms with Gasteiger partial charge in [-0.05, 0) is 44.1 Å². The number of nitrogens with zero attached hydrogens (tertiary/aromatic N) is 2. The lowest BCUT2D eigenvalue weighted by Gasteiger charge is -2.42. The topological polar surface area (TPSA) is 142 Å². The summed E-state index contributed by atoms with van der Waals surface area (Å²) in [6.45, 7) is 1.26. The number of fused-ring (bicyclic) bond motifs is 1. The summed E-state index contributed by atoms with van der Waals surface area (Å²) in [7, 11) is 0. The van der Waals surface area contributed by atoms with E-state index in [1.165, 1.54) is 5.01 Å². The molecule has 0 radical (unpaired) electrons. The fraction of sp³-hybridized carbons (Fsp3) is 0.550. The number of nitrogens with one attached hydrogen (secondary N) is 1. The molecule has 9 heteroatoms. The predicted octanol–water partition coefficient (Wildman–Crippen LogP) is 0.292. The van der Waals surface area contributed by atoms with Gasteiger partial charge in [-0.3, -0.25) is 19.9 Å². The van der Waals surface area contributed by atoms with Crippen molar-refractivity contribution in [3.8, 4) is 0 Å². The normalized spacial score (nSPS) is 23.4. The third-order valence-electron chi connectivity index (χ3n) is 5.48. The summed E-state index contributed by atoms with van der Waals surface area (Å²) in [5.74, 6) is -2.36. The maximum absolute atomic E-state index is 13.1. The molecule has 29 heavy (non-hydrogen) atoms. The molecule has 3 atom stereocenters. The van der Waals surface area contributed by atoms with Crippen molar-refractivity contribution in [1.82, 2.24) is 15.3 Å². The van der Waals surface area contributed by atoms with Crippen LogP contribution in [0, 0.1) is 0 Å². The monoisotopic (exact) mass is 407 g/mol. The minimum atomic E-state index is -1.02. The summed E-state index contributed by atoms with van der Waals surface area (Å²) in [5.41, 5.74) is 1.04. The van der Waals surface area contributed by atoms with Crippen LogP contribution in [-0.2, 0) is 20.8 Å². The van der Waals surface area contributed by atoms with Gasteiger partial charge in [-0.1, -0.05) is 30.3 Å². The van der Waals surface area contributed by atoms with Crippen molar-refractivity contribution >= 4 is 17.8 Å². The Morgan fingerprint density at radius 2 is 1.76 bits per heavy atom. The van der Waals surface area contributed by atoms with Crippen LogP contribution in [0.3, 0.4) is 0 Å². The van der Waals surface area contributed by atoms with Crippen molar-refractivity contribution in [2.45, 2.75) is 56.7 Å². The molecule has 2 heterocycles. The highest BCUT2D eigenvalue weighted by Crippen LogP contribution is 2.24. The molecule has 1 amide bonds. The van der Waals surface area contributed by atoms with E-state index in [2.05, 4.69) is 5.32 Å². The number of hydrogen-bond acceptors (Lipinski definition) is 5. The molecule has 0 saturated carbocycles. The maximum atomic E-state index is 13.1. The first-order valence-corrected chi connectivity index (χ1v) is 9.81. The van der Waals surface area contributed by atoms with Gasteiger partial charge in [-0.2, -0.15) is 0 Å². The fourth-order valence-corrected chi connectivity index (χ4v) is 4.03. The van der Waals surface area contributed by atoms with Gasteiger partial charge in [0.1, 0.15) is 12.1 Å². The summed E-state index contributed by atoms with van der Waals surface area (Å²) >= 11 is 0. The summed E-state index contributed by atoms with van der Waals surface area (Å²) < 4.78 is 0. The van der Waals surface area contributed by atoms with Crippen LogP contribution in [0.2, 0.25) is 0 Å². The van der Waals surface area contributed by atoms with Crippen LogP contribution < -0.4 is 5.32 Å². The van der Waals surface area contributed by atoms with Crippen molar-refractivity contribution < 1.29 is 30.1 Å². The average molecular weight is 407 g/mol. The van der Waals surface area contributed by atoms with Gasteiger partial charge in [-0.15, -0.1) is 0 Å². The van der Waals surface area contributed by atoms with Gasteiger partial charge in [0.15, 0.2) is 0 Å². The molecular weight excluding hydrogens is 378 g/mol. The molecule has 0 spiro atoms. The summed E-state index contributed by atoms with van der Waals surface area (Å²) in [6, 6.07) is 7.17.